The molecule has 2 aliphatic rings. The highest BCUT2D eigenvalue weighted by Crippen LogP contribution is 2.25. The molecule has 1 amide bonds. The van der Waals surface area contributed by atoms with E-state index >= 15 is 0 Å². The molecule has 6 nitrogen and oxygen atoms in total. The number of aryl methyl sites for hydroxylation is 1. The Labute approximate surface area is 121 Å². The first kappa shape index (κ1) is 13.6. The standard InChI is InChI=1S/C15H15NO5/c1-8-6-12(15(19)20-8)21-14(18)10-2-4-11-9(7-10)3-5-13(17)16-11/h2,4,7-8,12H,3,5-6H2,1H3,(H,16,17)/t8-,12+/m1/s1. The second kappa shape index (κ2) is 5.20. The average molecular weight is 289 g/mol. The first-order valence-electron chi connectivity index (χ1n) is 6.87. The number of anilines is 1. The number of rotatable bonds is 2. The van der Waals surface area contributed by atoms with Gasteiger partial charge >= 0.3 is 11.9 Å². The Bertz CT molecular complexity index is 624. The van der Waals surface area contributed by atoms with Crippen LogP contribution in [0.25, 0.3) is 0 Å². The molecule has 0 spiro atoms. The van der Waals surface area contributed by atoms with E-state index in [9.17, 15) is 14.4 Å². The van der Waals surface area contributed by atoms with Crippen LogP contribution in [0.1, 0.15) is 35.7 Å². The van der Waals surface area contributed by atoms with Crippen molar-refractivity contribution in [1.82, 2.24) is 0 Å². The molecular formula is C15H15NO5. The lowest BCUT2D eigenvalue weighted by Crippen LogP contribution is -2.23. The van der Waals surface area contributed by atoms with Crippen molar-refractivity contribution < 1.29 is 23.9 Å². The number of fused-ring (bicyclic) bond motifs is 1. The van der Waals surface area contributed by atoms with Gasteiger partial charge in [-0.1, -0.05) is 0 Å². The summed E-state index contributed by atoms with van der Waals surface area (Å²) < 4.78 is 10.1. The van der Waals surface area contributed by atoms with E-state index in [0.717, 1.165) is 11.3 Å². The van der Waals surface area contributed by atoms with Crippen molar-refractivity contribution >= 4 is 23.5 Å². The zero-order valence-electron chi connectivity index (χ0n) is 11.5. The number of carbonyl (C=O) groups is 3. The van der Waals surface area contributed by atoms with Crippen molar-refractivity contribution in [3.05, 3.63) is 29.3 Å². The topological polar surface area (TPSA) is 81.7 Å². The van der Waals surface area contributed by atoms with Crippen LogP contribution in [0.2, 0.25) is 0 Å². The van der Waals surface area contributed by atoms with Crippen molar-refractivity contribution in [3.63, 3.8) is 0 Å². The van der Waals surface area contributed by atoms with Crippen LogP contribution >= 0.6 is 0 Å². The van der Waals surface area contributed by atoms with E-state index < -0.39 is 18.0 Å². The second-order valence-electron chi connectivity index (χ2n) is 5.30. The molecule has 2 heterocycles. The predicted molar refractivity (Wildman–Crippen MR) is 72.8 cm³/mol. The fourth-order valence-electron chi connectivity index (χ4n) is 2.52. The van der Waals surface area contributed by atoms with Gasteiger partial charge in [0.15, 0.2) is 0 Å². The normalized spacial score (nSPS) is 24.0. The lowest BCUT2D eigenvalue weighted by molar-refractivity contribution is -0.147. The van der Waals surface area contributed by atoms with Crippen LogP contribution in [0.5, 0.6) is 0 Å². The minimum absolute atomic E-state index is 0.0273. The quantitative estimate of drug-likeness (QED) is 0.833. The van der Waals surface area contributed by atoms with E-state index in [1.165, 1.54) is 0 Å². The molecule has 3 rings (SSSR count). The molecule has 0 unspecified atom stereocenters. The molecule has 2 atom stereocenters. The van der Waals surface area contributed by atoms with Crippen molar-refractivity contribution in [3.8, 4) is 0 Å². The van der Waals surface area contributed by atoms with Gasteiger partial charge in [-0.2, -0.15) is 0 Å². The largest absolute Gasteiger partial charge is 0.460 e. The zero-order chi connectivity index (χ0) is 15.0. The monoisotopic (exact) mass is 289 g/mol. The summed E-state index contributed by atoms with van der Waals surface area (Å²) in [6.45, 7) is 1.76. The number of carbonyl (C=O) groups excluding carboxylic acids is 3. The highest BCUT2D eigenvalue weighted by molar-refractivity contribution is 5.96. The van der Waals surface area contributed by atoms with Gasteiger partial charge in [0, 0.05) is 18.5 Å². The summed E-state index contributed by atoms with van der Waals surface area (Å²) in [4.78, 5) is 34.8. The number of hydrogen-bond acceptors (Lipinski definition) is 5. The van der Waals surface area contributed by atoms with Crippen LogP contribution in [-0.4, -0.2) is 30.1 Å². The minimum Gasteiger partial charge on any atom is -0.460 e. The molecule has 2 aliphatic heterocycles. The second-order valence-corrected chi connectivity index (χ2v) is 5.30. The van der Waals surface area contributed by atoms with Crippen LogP contribution in [0.3, 0.4) is 0 Å². The Morgan fingerprint density at radius 3 is 2.86 bits per heavy atom. The summed E-state index contributed by atoms with van der Waals surface area (Å²) in [5, 5.41) is 2.75. The zero-order valence-corrected chi connectivity index (χ0v) is 11.5. The van der Waals surface area contributed by atoms with Crippen molar-refractivity contribution in [1.29, 1.82) is 0 Å². The Kier molecular flexibility index (Phi) is 3.37. The first-order chi connectivity index (χ1) is 10.0. The minimum atomic E-state index is -0.830. The molecule has 1 saturated heterocycles. The predicted octanol–water partition coefficient (Wildman–Crippen LogP) is 1.43. The fraction of sp³-hybridized carbons (Fsp3) is 0.400. The number of benzene rings is 1. The van der Waals surface area contributed by atoms with Crippen LogP contribution in [0.15, 0.2) is 18.2 Å². The van der Waals surface area contributed by atoms with Crippen LogP contribution in [-0.2, 0) is 25.5 Å². The molecule has 0 bridgehead atoms. The van der Waals surface area contributed by atoms with Crippen LogP contribution in [0, 0.1) is 0 Å². The van der Waals surface area contributed by atoms with Gasteiger partial charge in [0.05, 0.1) is 5.56 Å². The summed E-state index contributed by atoms with van der Waals surface area (Å²) in [6, 6.07) is 4.95. The number of cyclic esters (lactones) is 1. The van der Waals surface area contributed by atoms with E-state index in [1.54, 1.807) is 25.1 Å². The smallest absolute Gasteiger partial charge is 0.347 e. The lowest BCUT2D eigenvalue weighted by Gasteiger charge is -2.17. The molecule has 1 aromatic rings. The van der Waals surface area contributed by atoms with E-state index in [4.69, 9.17) is 9.47 Å². The molecule has 0 aliphatic carbocycles. The summed E-state index contributed by atoms with van der Waals surface area (Å²) in [6.07, 6.45) is 0.311. The third-order valence-electron chi connectivity index (χ3n) is 3.61. The lowest BCUT2D eigenvalue weighted by atomic mass is 10.0. The van der Waals surface area contributed by atoms with Gasteiger partial charge in [-0.15, -0.1) is 0 Å². The maximum absolute atomic E-state index is 12.1. The average Bonchev–Trinajstić information content (AvgIpc) is 2.76. The molecule has 21 heavy (non-hydrogen) atoms. The van der Waals surface area contributed by atoms with Crippen molar-refractivity contribution in [2.45, 2.75) is 38.4 Å². The van der Waals surface area contributed by atoms with Gasteiger partial charge in [-0.3, -0.25) is 4.79 Å². The molecule has 0 saturated carbocycles. The van der Waals surface area contributed by atoms with E-state index in [2.05, 4.69) is 5.32 Å². The third-order valence-corrected chi connectivity index (χ3v) is 3.61. The maximum Gasteiger partial charge on any atom is 0.347 e. The van der Waals surface area contributed by atoms with Gasteiger partial charge in [0.1, 0.15) is 6.10 Å². The first-order valence-corrected chi connectivity index (χ1v) is 6.87. The number of hydrogen-bond donors (Lipinski definition) is 1. The van der Waals surface area contributed by atoms with Gasteiger partial charge in [-0.05, 0) is 37.1 Å². The number of esters is 2. The molecule has 0 aromatic heterocycles. The summed E-state index contributed by atoms with van der Waals surface area (Å²) in [5.74, 6) is -1.08. The van der Waals surface area contributed by atoms with Gasteiger partial charge < -0.3 is 14.8 Å². The number of amides is 1. The van der Waals surface area contributed by atoms with Crippen LogP contribution < -0.4 is 5.32 Å². The fourth-order valence-corrected chi connectivity index (χ4v) is 2.52. The van der Waals surface area contributed by atoms with Gasteiger partial charge in [-0.25, -0.2) is 9.59 Å². The van der Waals surface area contributed by atoms with E-state index in [-0.39, 0.29) is 12.0 Å². The Balaban J connectivity index is 1.73. The molecule has 0 radical (unpaired) electrons. The number of ether oxygens (including phenoxy) is 2. The molecule has 1 N–H and O–H groups in total. The number of nitrogens with one attached hydrogen (secondary N) is 1. The maximum atomic E-state index is 12.1. The third kappa shape index (κ3) is 2.74. The van der Waals surface area contributed by atoms with Gasteiger partial charge in [0.2, 0.25) is 12.0 Å². The summed E-state index contributed by atoms with van der Waals surface area (Å²) in [7, 11) is 0. The van der Waals surface area contributed by atoms with Crippen molar-refractivity contribution in [2.24, 2.45) is 0 Å². The van der Waals surface area contributed by atoms with E-state index in [0.29, 0.717) is 24.8 Å². The highest BCUT2D eigenvalue weighted by atomic mass is 16.6. The molecule has 6 heteroatoms. The van der Waals surface area contributed by atoms with Crippen LogP contribution in [0.4, 0.5) is 5.69 Å². The molecule has 1 fully saturated rings. The highest BCUT2D eigenvalue weighted by Gasteiger charge is 2.35. The Morgan fingerprint density at radius 2 is 2.14 bits per heavy atom. The van der Waals surface area contributed by atoms with Gasteiger partial charge in [0.25, 0.3) is 0 Å². The Hall–Kier alpha value is -2.37. The SMILES string of the molecule is C[C@@H]1C[C@H](OC(=O)c2ccc3c(c2)CCC(=O)N3)C(=O)O1. The molecule has 110 valence electrons. The summed E-state index contributed by atoms with van der Waals surface area (Å²) >= 11 is 0. The Morgan fingerprint density at radius 1 is 1.33 bits per heavy atom. The molecule has 1 aromatic carbocycles. The summed E-state index contributed by atoms with van der Waals surface area (Å²) in [5.41, 5.74) is 1.99. The van der Waals surface area contributed by atoms with Crippen molar-refractivity contribution in [2.75, 3.05) is 5.32 Å². The van der Waals surface area contributed by atoms with E-state index in [1.807, 2.05) is 0 Å². The molecular weight excluding hydrogens is 274 g/mol.